The van der Waals surface area contributed by atoms with Crippen LogP contribution in [0.2, 0.25) is 0 Å². The fraction of sp³-hybridized carbons (Fsp3) is 0.308. The number of alkyl halides is 3. The molecule has 0 bridgehead atoms. The summed E-state index contributed by atoms with van der Waals surface area (Å²) in [5, 5.41) is 19.6. The number of benzene rings is 1. The van der Waals surface area contributed by atoms with Gasteiger partial charge in [-0.3, -0.25) is 0 Å². The quantitative estimate of drug-likeness (QED) is 0.945. The lowest BCUT2D eigenvalue weighted by Gasteiger charge is -2.16. The van der Waals surface area contributed by atoms with Gasteiger partial charge in [0.1, 0.15) is 12.4 Å². The molecule has 0 amide bonds. The van der Waals surface area contributed by atoms with Gasteiger partial charge in [0.2, 0.25) is 0 Å². The van der Waals surface area contributed by atoms with Crippen LogP contribution in [0.1, 0.15) is 29.9 Å². The van der Waals surface area contributed by atoms with Crippen LogP contribution in [0.5, 0.6) is 0 Å². The Bertz CT molecular complexity index is 684. The third kappa shape index (κ3) is 3.13. The maximum absolute atomic E-state index is 12.6. The van der Waals surface area contributed by atoms with E-state index in [0.29, 0.717) is 11.5 Å². The largest absolute Gasteiger partial charge is 0.416 e. The smallest absolute Gasteiger partial charge is 0.374 e. The first kappa shape index (κ1) is 14.8. The van der Waals surface area contributed by atoms with Crippen molar-refractivity contribution in [1.29, 1.82) is 5.26 Å². The van der Waals surface area contributed by atoms with Gasteiger partial charge in [0.05, 0.1) is 22.9 Å². The van der Waals surface area contributed by atoms with Gasteiger partial charge in [0.15, 0.2) is 5.82 Å². The molecule has 0 fully saturated rings. The van der Waals surface area contributed by atoms with E-state index in [2.05, 4.69) is 15.5 Å². The third-order valence-corrected chi connectivity index (χ3v) is 2.97. The summed E-state index contributed by atoms with van der Waals surface area (Å²) in [5.41, 5.74) is -0.601. The Morgan fingerprint density at radius 1 is 1.38 bits per heavy atom. The molecule has 2 aromatic rings. The van der Waals surface area contributed by atoms with Crippen molar-refractivity contribution in [2.24, 2.45) is 7.05 Å². The molecule has 1 aromatic heterocycles. The monoisotopic (exact) mass is 295 g/mol. The Balaban J connectivity index is 2.29. The van der Waals surface area contributed by atoms with E-state index < -0.39 is 11.7 Å². The van der Waals surface area contributed by atoms with E-state index in [1.54, 1.807) is 24.6 Å². The lowest BCUT2D eigenvalue weighted by atomic mass is 10.1. The minimum atomic E-state index is -4.47. The highest BCUT2D eigenvalue weighted by molar-refractivity contribution is 5.59. The molecule has 0 aliphatic heterocycles. The third-order valence-electron chi connectivity index (χ3n) is 2.97. The topological polar surface area (TPSA) is 66.5 Å². The zero-order valence-corrected chi connectivity index (χ0v) is 11.3. The van der Waals surface area contributed by atoms with Crippen LogP contribution < -0.4 is 5.32 Å². The van der Waals surface area contributed by atoms with Crippen molar-refractivity contribution in [2.75, 3.05) is 5.32 Å². The lowest BCUT2D eigenvalue weighted by molar-refractivity contribution is -0.137. The molecule has 2 rings (SSSR count). The molecule has 1 N–H and O–H groups in total. The summed E-state index contributed by atoms with van der Waals surface area (Å²) in [4.78, 5) is 0. The summed E-state index contributed by atoms with van der Waals surface area (Å²) in [5.74, 6) is 0.610. The Morgan fingerprint density at radius 2 is 2.10 bits per heavy atom. The van der Waals surface area contributed by atoms with Gasteiger partial charge >= 0.3 is 6.18 Å². The van der Waals surface area contributed by atoms with Crippen LogP contribution in [-0.4, -0.2) is 14.8 Å². The molecular formula is C13H12F3N5. The number of anilines is 1. The minimum absolute atomic E-state index is 0.0705. The Morgan fingerprint density at radius 3 is 2.62 bits per heavy atom. The average molecular weight is 295 g/mol. The molecule has 1 aromatic carbocycles. The first-order chi connectivity index (χ1) is 9.82. The number of nitrogens with zero attached hydrogens (tertiary/aromatic N) is 4. The predicted molar refractivity (Wildman–Crippen MR) is 69.2 cm³/mol. The SMILES string of the molecule is CC(Nc1ccc(C(F)(F)F)cc1C#N)c1nncn1C. The summed E-state index contributed by atoms with van der Waals surface area (Å²) in [6.07, 6.45) is -2.95. The van der Waals surface area contributed by atoms with E-state index in [1.807, 2.05) is 0 Å². The summed E-state index contributed by atoms with van der Waals surface area (Å²) >= 11 is 0. The lowest BCUT2D eigenvalue weighted by Crippen LogP contribution is -2.13. The van der Waals surface area contributed by atoms with Gasteiger partial charge in [-0.25, -0.2) is 0 Å². The molecule has 0 radical (unpaired) electrons. The molecule has 8 heteroatoms. The predicted octanol–water partition coefficient (Wildman–Crippen LogP) is 2.88. The van der Waals surface area contributed by atoms with Gasteiger partial charge in [0.25, 0.3) is 0 Å². The molecule has 1 atom stereocenters. The highest BCUT2D eigenvalue weighted by atomic mass is 19.4. The second-order valence-electron chi connectivity index (χ2n) is 4.54. The van der Waals surface area contributed by atoms with Crippen molar-refractivity contribution in [2.45, 2.75) is 19.1 Å². The maximum Gasteiger partial charge on any atom is 0.416 e. The van der Waals surface area contributed by atoms with E-state index in [4.69, 9.17) is 5.26 Å². The Labute approximate surface area is 119 Å². The summed E-state index contributed by atoms with van der Waals surface area (Å²) < 4.78 is 39.6. The zero-order chi connectivity index (χ0) is 15.6. The maximum atomic E-state index is 12.6. The van der Waals surface area contributed by atoms with Gasteiger partial charge in [-0.15, -0.1) is 10.2 Å². The van der Waals surface area contributed by atoms with Crippen LogP contribution in [0, 0.1) is 11.3 Å². The van der Waals surface area contributed by atoms with E-state index in [9.17, 15) is 13.2 Å². The van der Waals surface area contributed by atoms with Crippen LogP contribution in [-0.2, 0) is 13.2 Å². The molecular weight excluding hydrogens is 283 g/mol. The van der Waals surface area contributed by atoms with Gasteiger partial charge in [0, 0.05) is 7.05 Å². The van der Waals surface area contributed by atoms with Crippen molar-refractivity contribution < 1.29 is 13.2 Å². The standard InChI is InChI=1S/C13H12F3N5/c1-8(12-20-18-7-21(12)2)19-11-4-3-10(13(14,15)16)5-9(11)6-17/h3-5,7-8,19H,1-2H3. The first-order valence-electron chi connectivity index (χ1n) is 6.04. The van der Waals surface area contributed by atoms with Crippen LogP contribution in [0.25, 0.3) is 0 Å². The summed E-state index contributed by atoms with van der Waals surface area (Å²) in [7, 11) is 1.76. The van der Waals surface area contributed by atoms with Crippen LogP contribution >= 0.6 is 0 Å². The normalized spacial score (nSPS) is 12.8. The minimum Gasteiger partial charge on any atom is -0.374 e. The number of nitrogens with one attached hydrogen (secondary N) is 1. The second-order valence-corrected chi connectivity index (χ2v) is 4.54. The molecule has 0 aliphatic rings. The molecule has 0 saturated carbocycles. The first-order valence-corrected chi connectivity index (χ1v) is 6.04. The molecule has 5 nitrogen and oxygen atoms in total. The number of halogens is 3. The number of aromatic nitrogens is 3. The van der Waals surface area contributed by atoms with Crippen molar-refractivity contribution in [3.05, 3.63) is 41.5 Å². The van der Waals surface area contributed by atoms with Crippen molar-refractivity contribution in [3.8, 4) is 6.07 Å². The number of nitriles is 1. The van der Waals surface area contributed by atoms with Crippen molar-refractivity contribution >= 4 is 5.69 Å². The van der Waals surface area contributed by atoms with Gasteiger partial charge in [-0.2, -0.15) is 18.4 Å². The molecule has 0 aliphatic carbocycles. The average Bonchev–Trinajstić information content (AvgIpc) is 2.84. The summed E-state index contributed by atoms with van der Waals surface area (Å²) in [6.45, 7) is 1.78. The highest BCUT2D eigenvalue weighted by Gasteiger charge is 2.31. The number of aryl methyl sites for hydroxylation is 1. The van der Waals surface area contributed by atoms with Gasteiger partial charge in [-0.1, -0.05) is 0 Å². The Kier molecular flexibility index (Phi) is 3.84. The molecule has 1 unspecified atom stereocenters. The Hall–Kier alpha value is -2.56. The van der Waals surface area contributed by atoms with E-state index >= 15 is 0 Å². The number of hydrogen-bond acceptors (Lipinski definition) is 4. The number of rotatable bonds is 3. The molecule has 0 saturated heterocycles. The van der Waals surface area contributed by atoms with Gasteiger partial charge < -0.3 is 9.88 Å². The molecule has 1 heterocycles. The number of hydrogen-bond donors (Lipinski definition) is 1. The van der Waals surface area contributed by atoms with E-state index in [0.717, 1.165) is 12.1 Å². The van der Waals surface area contributed by atoms with Crippen LogP contribution in [0.4, 0.5) is 18.9 Å². The zero-order valence-electron chi connectivity index (χ0n) is 11.3. The second kappa shape index (κ2) is 5.44. The van der Waals surface area contributed by atoms with Crippen LogP contribution in [0.15, 0.2) is 24.5 Å². The fourth-order valence-corrected chi connectivity index (χ4v) is 1.92. The van der Waals surface area contributed by atoms with Gasteiger partial charge in [-0.05, 0) is 25.1 Å². The molecule has 0 spiro atoms. The van der Waals surface area contributed by atoms with E-state index in [-0.39, 0.29) is 11.6 Å². The van der Waals surface area contributed by atoms with Crippen molar-refractivity contribution in [3.63, 3.8) is 0 Å². The molecule has 110 valence electrons. The summed E-state index contributed by atoms with van der Waals surface area (Å²) in [6, 6.07) is 4.47. The molecule has 21 heavy (non-hydrogen) atoms. The van der Waals surface area contributed by atoms with Crippen molar-refractivity contribution in [1.82, 2.24) is 14.8 Å². The highest BCUT2D eigenvalue weighted by Crippen LogP contribution is 2.32. The fourth-order valence-electron chi connectivity index (χ4n) is 1.92. The van der Waals surface area contributed by atoms with E-state index in [1.165, 1.54) is 12.4 Å². The van der Waals surface area contributed by atoms with Crippen LogP contribution in [0.3, 0.4) is 0 Å².